The summed E-state index contributed by atoms with van der Waals surface area (Å²) in [4.78, 5) is 19.8. The Morgan fingerprint density at radius 2 is 1.88 bits per heavy atom. The summed E-state index contributed by atoms with van der Waals surface area (Å²) >= 11 is 0. The molecule has 0 bridgehead atoms. The Balaban J connectivity index is 1.29. The van der Waals surface area contributed by atoms with Gasteiger partial charge in [0.25, 0.3) is 5.91 Å². The first-order valence-electron chi connectivity index (χ1n) is 11.0. The van der Waals surface area contributed by atoms with Gasteiger partial charge in [0.15, 0.2) is 0 Å². The lowest BCUT2D eigenvalue weighted by atomic mass is 10.0. The van der Waals surface area contributed by atoms with Crippen LogP contribution >= 0.6 is 0 Å². The number of carbonyl (C=O) groups excluding carboxylic acids is 1. The van der Waals surface area contributed by atoms with Crippen LogP contribution in [0.2, 0.25) is 0 Å². The molecule has 0 saturated carbocycles. The van der Waals surface area contributed by atoms with Gasteiger partial charge in [0.2, 0.25) is 0 Å². The quantitative estimate of drug-likeness (QED) is 0.702. The molecule has 5 nitrogen and oxygen atoms in total. The second-order valence-electron chi connectivity index (χ2n) is 8.93. The van der Waals surface area contributed by atoms with E-state index in [9.17, 15) is 18.0 Å². The van der Waals surface area contributed by atoms with Crippen molar-refractivity contribution in [2.45, 2.75) is 45.3 Å². The average Bonchev–Trinajstić information content (AvgIpc) is 3.32. The van der Waals surface area contributed by atoms with E-state index in [0.29, 0.717) is 19.1 Å². The van der Waals surface area contributed by atoms with E-state index in [2.05, 4.69) is 26.7 Å². The minimum absolute atomic E-state index is 0.0275. The Kier molecular flexibility index (Phi) is 5.28. The number of benzene rings is 2. The number of halogens is 3. The molecule has 0 spiro atoms. The summed E-state index contributed by atoms with van der Waals surface area (Å²) in [6, 6.07) is 10.6. The lowest BCUT2D eigenvalue weighted by Crippen LogP contribution is -2.50. The van der Waals surface area contributed by atoms with Crippen molar-refractivity contribution in [2.24, 2.45) is 0 Å². The molecule has 1 atom stereocenters. The minimum Gasteiger partial charge on any atom is -0.406 e. The molecule has 3 aliphatic heterocycles. The van der Waals surface area contributed by atoms with Crippen LogP contribution in [0.5, 0.6) is 5.75 Å². The van der Waals surface area contributed by atoms with E-state index >= 15 is 0 Å². The molecule has 2 aromatic rings. The SMILES string of the molecule is Cc1cc(N2CCN3CCCC3C2)cc2c1C(=O)N(Cc1ccc(OC(F)(F)F)cc1)C2. The zero-order valence-corrected chi connectivity index (χ0v) is 18.0. The molecule has 1 amide bonds. The van der Waals surface area contributed by atoms with Crippen LogP contribution in [-0.4, -0.2) is 54.3 Å². The Bertz CT molecular complexity index is 1020. The summed E-state index contributed by atoms with van der Waals surface area (Å²) in [6.45, 7) is 7.15. The Hall–Kier alpha value is -2.74. The zero-order valence-electron chi connectivity index (χ0n) is 18.0. The van der Waals surface area contributed by atoms with E-state index in [4.69, 9.17) is 0 Å². The number of hydrogen-bond acceptors (Lipinski definition) is 4. The van der Waals surface area contributed by atoms with Gasteiger partial charge >= 0.3 is 6.36 Å². The fraction of sp³-hybridized carbons (Fsp3) is 0.458. The molecule has 32 heavy (non-hydrogen) atoms. The van der Waals surface area contributed by atoms with E-state index in [1.54, 1.807) is 17.0 Å². The van der Waals surface area contributed by atoms with E-state index < -0.39 is 6.36 Å². The Morgan fingerprint density at radius 1 is 1.09 bits per heavy atom. The van der Waals surface area contributed by atoms with Crippen molar-refractivity contribution in [1.29, 1.82) is 0 Å². The molecule has 0 radical (unpaired) electrons. The number of rotatable bonds is 4. The molecule has 0 aromatic heterocycles. The Labute approximate surface area is 185 Å². The minimum atomic E-state index is -4.71. The third-order valence-corrected chi connectivity index (χ3v) is 6.75. The number of alkyl halides is 3. The molecule has 8 heteroatoms. The van der Waals surface area contributed by atoms with Crippen molar-refractivity contribution in [3.05, 3.63) is 58.7 Å². The third kappa shape index (κ3) is 4.16. The van der Waals surface area contributed by atoms with Crippen molar-refractivity contribution < 1.29 is 22.7 Å². The van der Waals surface area contributed by atoms with Gasteiger partial charge in [-0.2, -0.15) is 0 Å². The maximum absolute atomic E-state index is 13.0. The zero-order chi connectivity index (χ0) is 22.5. The van der Waals surface area contributed by atoms with Crippen LogP contribution in [0.4, 0.5) is 18.9 Å². The van der Waals surface area contributed by atoms with Crippen molar-refractivity contribution in [1.82, 2.24) is 9.80 Å². The van der Waals surface area contributed by atoms with Gasteiger partial charge in [-0.1, -0.05) is 12.1 Å². The number of fused-ring (bicyclic) bond motifs is 2. The predicted octanol–water partition coefficient (Wildman–Crippen LogP) is 4.33. The number of ether oxygens (including phenoxy) is 1. The third-order valence-electron chi connectivity index (χ3n) is 6.75. The summed E-state index contributed by atoms with van der Waals surface area (Å²) in [5, 5.41) is 0. The molecular weight excluding hydrogens is 419 g/mol. The van der Waals surface area contributed by atoms with E-state index in [-0.39, 0.29) is 11.7 Å². The lowest BCUT2D eigenvalue weighted by Gasteiger charge is -2.39. The topological polar surface area (TPSA) is 36.0 Å². The first-order valence-corrected chi connectivity index (χ1v) is 11.0. The molecule has 170 valence electrons. The molecule has 3 aliphatic rings. The highest BCUT2D eigenvalue weighted by Crippen LogP contribution is 2.33. The largest absolute Gasteiger partial charge is 0.573 e. The fourth-order valence-corrected chi connectivity index (χ4v) is 5.26. The van der Waals surface area contributed by atoms with Crippen LogP contribution in [0, 0.1) is 6.92 Å². The van der Waals surface area contributed by atoms with Gasteiger partial charge in [0, 0.05) is 50.0 Å². The van der Waals surface area contributed by atoms with Gasteiger partial charge in [-0.05, 0) is 67.3 Å². The number of carbonyl (C=O) groups is 1. The normalized spacial score (nSPS) is 21.1. The van der Waals surface area contributed by atoms with Crippen LogP contribution in [0.15, 0.2) is 36.4 Å². The molecule has 3 heterocycles. The summed E-state index contributed by atoms with van der Waals surface area (Å²) < 4.78 is 41.0. The summed E-state index contributed by atoms with van der Waals surface area (Å²) in [6.07, 6.45) is -2.19. The second kappa shape index (κ2) is 7.99. The molecule has 0 N–H and O–H groups in total. The highest BCUT2D eigenvalue weighted by Gasteiger charge is 2.34. The number of piperazine rings is 1. The van der Waals surface area contributed by atoms with Crippen molar-refractivity contribution in [3.63, 3.8) is 0 Å². The average molecular weight is 445 g/mol. The molecular formula is C24H26F3N3O2. The molecule has 1 unspecified atom stereocenters. The number of hydrogen-bond donors (Lipinski definition) is 0. The number of anilines is 1. The molecule has 2 saturated heterocycles. The fourth-order valence-electron chi connectivity index (χ4n) is 5.26. The van der Waals surface area contributed by atoms with Gasteiger partial charge < -0.3 is 14.5 Å². The highest BCUT2D eigenvalue weighted by atomic mass is 19.4. The van der Waals surface area contributed by atoms with Crippen LogP contribution in [0.3, 0.4) is 0 Å². The summed E-state index contributed by atoms with van der Waals surface area (Å²) in [7, 11) is 0. The van der Waals surface area contributed by atoms with Crippen LogP contribution < -0.4 is 9.64 Å². The first kappa shape index (κ1) is 21.1. The van der Waals surface area contributed by atoms with Crippen LogP contribution in [0.1, 0.15) is 39.9 Å². The first-order chi connectivity index (χ1) is 15.3. The van der Waals surface area contributed by atoms with Crippen molar-refractivity contribution in [3.8, 4) is 5.75 Å². The van der Waals surface area contributed by atoms with Gasteiger partial charge in [-0.3, -0.25) is 9.69 Å². The van der Waals surface area contributed by atoms with Gasteiger partial charge in [0.05, 0.1) is 0 Å². The molecule has 5 rings (SSSR count). The van der Waals surface area contributed by atoms with Crippen molar-refractivity contribution in [2.75, 3.05) is 31.1 Å². The van der Waals surface area contributed by atoms with Gasteiger partial charge in [-0.25, -0.2) is 0 Å². The summed E-state index contributed by atoms with van der Waals surface area (Å²) in [5.74, 6) is -0.291. The molecule has 2 aromatic carbocycles. The van der Waals surface area contributed by atoms with Crippen molar-refractivity contribution >= 4 is 11.6 Å². The second-order valence-corrected chi connectivity index (χ2v) is 8.93. The van der Waals surface area contributed by atoms with Gasteiger partial charge in [0.1, 0.15) is 5.75 Å². The van der Waals surface area contributed by atoms with E-state index in [0.717, 1.165) is 41.9 Å². The standard InChI is InChI=1S/C24H26F3N3O2/c1-16-11-20(29-10-9-28-8-2-3-19(28)15-29)12-18-14-30(23(31)22(16)18)13-17-4-6-21(7-5-17)32-24(25,26)27/h4-7,11-12,19H,2-3,8-10,13-15H2,1H3. The highest BCUT2D eigenvalue weighted by molar-refractivity contribution is 6.00. The van der Waals surface area contributed by atoms with E-state index in [1.807, 2.05) is 6.92 Å². The van der Waals surface area contributed by atoms with Crippen LogP contribution in [-0.2, 0) is 13.1 Å². The molecule has 0 aliphatic carbocycles. The smallest absolute Gasteiger partial charge is 0.406 e. The maximum atomic E-state index is 13.0. The monoisotopic (exact) mass is 445 g/mol. The maximum Gasteiger partial charge on any atom is 0.573 e. The predicted molar refractivity (Wildman–Crippen MR) is 115 cm³/mol. The summed E-state index contributed by atoms with van der Waals surface area (Å²) in [5.41, 5.74) is 4.70. The van der Waals surface area contributed by atoms with Gasteiger partial charge in [-0.15, -0.1) is 13.2 Å². The number of aryl methyl sites for hydroxylation is 1. The lowest BCUT2D eigenvalue weighted by molar-refractivity contribution is -0.274. The van der Waals surface area contributed by atoms with Crippen LogP contribution in [0.25, 0.3) is 0 Å². The number of nitrogens with zero attached hydrogens (tertiary/aromatic N) is 3. The Morgan fingerprint density at radius 3 is 2.62 bits per heavy atom. The van der Waals surface area contributed by atoms with E-state index in [1.165, 1.54) is 37.2 Å². The molecule has 2 fully saturated rings. The number of amides is 1.